The largest absolute Gasteiger partial charge is 0.444 e. The van der Waals surface area contributed by atoms with Crippen LogP contribution < -0.4 is 5.56 Å². The van der Waals surface area contributed by atoms with E-state index in [1.807, 2.05) is 20.8 Å². The number of carbonyl (C=O) groups is 1. The number of fused-ring (bicyclic) bond motifs is 2. The summed E-state index contributed by atoms with van der Waals surface area (Å²) in [6, 6.07) is 3.43. The highest BCUT2D eigenvalue weighted by molar-refractivity contribution is 5.75. The van der Waals surface area contributed by atoms with Crippen LogP contribution in [0.2, 0.25) is 0 Å². The lowest BCUT2D eigenvalue weighted by atomic mass is 10.2. The number of piperidine rings is 1. The van der Waals surface area contributed by atoms with E-state index in [1.165, 1.54) is 4.68 Å². The Labute approximate surface area is 171 Å². The summed E-state index contributed by atoms with van der Waals surface area (Å²) >= 11 is 0. The first kappa shape index (κ1) is 18.7. The molecule has 3 aromatic heterocycles. The van der Waals surface area contributed by atoms with Crippen molar-refractivity contribution in [2.24, 2.45) is 11.8 Å². The van der Waals surface area contributed by atoms with Crippen molar-refractivity contribution in [3.8, 4) is 0 Å². The molecule has 30 heavy (non-hydrogen) atoms. The van der Waals surface area contributed by atoms with E-state index in [0.717, 1.165) is 0 Å². The standard InChI is InChI=1S/C20H22N6O4/c1-20(2,3)29-19(28)25-8-12-13(9-25)16(12)17-23-15(30-24-17)10-26-18(27)11-5-4-6-21-14(11)7-22-26/h4-7,12-13,16H,8-10H2,1-3H3/t12-,13+,16?. The lowest BCUT2D eigenvalue weighted by Gasteiger charge is -2.25. The van der Waals surface area contributed by atoms with Crippen molar-refractivity contribution in [3.05, 3.63) is 46.6 Å². The smallest absolute Gasteiger partial charge is 0.410 e. The summed E-state index contributed by atoms with van der Waals surface area (Å²) in [7, 11) is 0. The Kier molecular flexibility index (Phi) is 4.12. The van der Waals surface area contributed by atoms with Crippen molar-refractivity contribution < 1.29 is 14.1 Å². The molecule has 3 atom stereocenters. The number of nitrogens with zero attached hydrogens (tertiary/aromatic N) is 6. The molecule has 10 heteroatoms. The summed E-state index contributed by atoms with van der Waals surface area (Å²) in [6.07, 6.45) is 2.89. The third kappa shape index (κ3) is 3.31. The molecule has 2 fully saturated rings. The van der Waals surface area contributed by atoms with Crippen molar-refractivity contribution >= 4 is 17.0 Å². The molecule has 1 aliphatic carbocycles. The Morgan fingerprint density at radius 2 is 2.07 bits per heavy atom. The molecular formula is C20H22N6O4. The highest BCUT2D eigenvalue weighted by atomic mass is 16.6. The fourth-order valence-electron chi connectivity index (χ4n) is 4.11. The number of carbonyl (C=O) groups excluding carboxylic acids is 1. The average molecular weight is 410 g/mol. The fraction of sp³-hybridized carbons (Fsp3) is 0.500. The normalized spacial score (nSPS) is 22.9. The SMILES string of the molecule is CC(C)(C)OC(=O)N1C[C@@H]2C(c3noc(Cn4ncc5ncccc5c4=O)n3)[C@@H]2C1. The summed E-state index contributed by atoms with van der Waals surface area (Å²) in [5.41, 5.74) is -0.210. The molecule has 1 unspecified atom stereocenters. The maximum atomic E-state index is 12.6. The minimum atomic E-state index is -0.503. The van der Waals surface area contributed by atoms with E-state index in [-0.39, 0.29) is 24.1 Å². The van der Waals surface area contributed by atoms with Gasteiger partial charge in [0.05, 0.1) is 17.1 Å². The van der Waals surface area contributed by atoms with Gasteiger partial charge in [0.1, 0.15) is 12.1 Å². The van der Waals surface area contributed by atoms with Crippen LogP contribution in [0, 0.1) is 11.8 Å². The molecule has 4 heterocycles. The molecule has 0 bridgehead atoms. The number of hydrogen-bond acceptors (Lipinski definition) is 8. The molecule has 1 amide bonds. The molecule has 3 aromatic rings. The van der Waals surface area contributed by atoms with Gasteiger partial charge in [-0.1, -0.05) is 5.16 Å². The third-order valence-electron chi connectivity index (χ3n) is 5.54. The van der Waals surface area contributed by atoms with Crippen molar-refractivity contribution in [1.29, 1.82) is 0 Å². The Bertz CT molecular complexity index is 1170. The van der Waals surface area contributed by atoms with Crippen LogP contribution in [0.3, 0.4) is 0 Å². The number of aromatic nitrogens is 5. The topological polar surface area (TPSA) is 116 Å². The molecule has 0 radical (unpaired) electrons. The monoisotopic (exact) mass is 410 g/mol. The van der Waals surface area contributed by atoms with Gasteiger partial charge in [0.15, 0.2) is 5.82 Å². The Hall–Kier alpha value is -3.30. The number of hydrogen-bond donors (Lipinski definition) is 0. The zero-order valence-corrected chi connectivity index (χ0v) is 17.0. The summed E-state index contributed by atoms with van der Waals surface area (Å²) < 4.78 is 12.1. The van der Waals surface area contributed by atoms with E-state index in [4.69, 9.17) is 9.26 Å². The highest BCUT2D eigenvalue weighted by Crippen LogP contribution is 2.57. The van der Waals surface area contributed by atoms with Crippen molar-refractivity contribution in [1.82, 2.24) is 29.8 Å². The van der Waals surface area contributed by atoms with Crippen LogP contribution in [0.5, 0.6) is 0 Å². The number of ether oxygens (including phenoxy) is 1. The zero-order valence-electron chi connectivity index (χ0n) is 17.0. The second-order valence-corrected chi connectivity index (χ2v) is 8.83. The van der Waals surface area contributed by atoms with Gasteiger partial charge in [-0.05, 0) is 44.7 Å². The van der Waals surface area contributed by atoms with Gasteiger partial charge in [0.2, 0.25) is 5.89 Å². The summed E-state index contributed by atoms with van der Waals surface area (Å²) in [5.74, 6) is 1.76. The molecule has 0 N–H and O–H groups in total. The van der Waals surface area contributed by atoms with E-state index in [2.05, 4.69) is 20.2 Å². The van der Waals surface area contributed by atoms with Crippen LogP contribution >= 0.6 is 0 Å². The van der Waals surface area contributed by atoms with Crippen LogP contribution in [0.4, 0.5) is 4.79 Å². The maximum Gasteiger partial charge on any atom is 0.410 e. The first-order chi connectivity index (χ1) is 14.3. The maximum absolute atomic E-state index is 12.6. The Morgan fingerprint density at radius 1 is 1.30 bits per heavy atom. The predicted octanol–water partition coefficient (Wildman–Crippen LogP) is 1.80. The predicted molar refractivity (Wildman–Crippen MR) is 105 cm³/mol. The molecule has 156 valence electrons. The third-order valence-corrected chi connectivity index (χ3v) is 5.54. The average Bonchev–Trinajstić information content (AvgIpc) is 3.05. The second-order valence-electron chi connectivity index (χ2n) is 8.83. The molecule has 0 spiro atoms. The lowest BCUT2D eigenvalue weighted by Crippen LogP contribution is -2.36. The van der Waals surface area contributed by atoms with Gasteiger partial charge < -0.3 is 14.2 Å². The lowest BCUT2D eigenvalue weighted by molar-refractivity contribution is 0.0270. The minimum absolute atomic E-state index is 0.1000. The van der Waals surface area contributed by atoms with Gasteiger partial charge >= 0.3 is 6.09 Å². The van der Waals surface area contributed by atoms with Crippen LogP contribution in [-0.2, 0) is 11.3 Å². The molecule has 5 rings (SSSR count). The highest BCUT2D eigenvalue weighted by Gasteiger charge is 2.59. The van der Waals surface area contributed by atoms with Crippen LogP contribution in [0.1, 0.15) is 38.4 Å². The van der Waals surface area contributed by atoms with Crippen LogP contribution in [0.25, 0.3) is 10.9 Å². The van der Waals surface area contributed by atoms with E-state index < -0.39 is 5.60 Å². The van der Waals surface area contributed by atoms with Gasteiger partial charge in [0.25, 0.3) is 5.56 Å². The first-order valence-corrected chi connectivity index (χ1v) is 9.91. The van der Waals surface area contributed by atoms with Gasteiger partial charge in [0, 0.05) is 25.2 Å². The first-order valence-electron chi connectivity index (χ1n) is 9.91. The molecule has 10 nitrogen and oxygen atoms in total. The number of amides is 1. The zero-order chi connectivity index (χ0) is 21.0. The number of pyridine rings is 1. The number of rotatable bonds is 3. The summed E-state index contributed by atoms with van der Waals surface area (Å²) in [6.45, 7) is 6.94. The molecule has 2 aliphatic rings. The van der Waals surface area contributed by atoms with Gasteiger partial charge in [-0.15, -0.1) is 0 Å². The van der Waals surface area contributed by atoms with Gasteiger partial charge in [-0.3, -0.25) is 9.78 Å². The van der Waals surface area contributed by atoms with Crippen molar-refractivity contribution in [2.75, 3.05) is 13.1 Å². The van der Waals surface area contributed by atoms with E-state index >= 15 is 0 Å². The molecular weight excluding hydrogens is 388 g/mol. The molecule has 0 aromatic carbocycles. The van der Waals surface area contributed by atoms with Gasteiger partial charge in [-0.2, -0.15) is 10.1 Å². The van der Waals surface area contributed by atoms with Crippen LogP contribution in [-0.4, -0.2) is 54.6 Å². The Morgan fingerprint density at radius 3 is 2.80 bits per heavy atom. The fourth-order valence-corrected chi connectivity index (χ4v) is 4.11. The minimum Gasteiger partial charge on any atom is -0.444 e. The molecule has 1 aliphatic heterocycles. The van der Waals surface area contributed by atoms with Gasteiger partial charge in [-0.25, -0.2) is 9.48 Å². The van der Waals surface area contributed by atoms with Crippen molar-refractivity contribution in [3.63, 3.8) is 0 Å². The molecule has 1 saturated heterocycles. The van der Waals surface area contributed by atoms with E-state index in [0.29, 0.717) is 47.5 Å². The van der Waals surface area contributed by atoms with E-state index in [9.17, 15) is 9.59 Å². The number of likely N-dealkylation sites (tertiary alicyclic amines) is 1. The van der Waals surface area contributed by atoms with Crippen LogP contribution in [0.15, 0.2) is 33.8 Å². The molecule has 1 saturated carbocycles. The van der Waals surface area contributed by atoms with E-state index in [1.54, 1.807) is 29.4 Å². The summed E-state index contributed by atoms with van der Waals surface area (Å²) in [5, 5.41) is 8.74. The second kappa shape index (κ2) is 6.61. The summed E-state index contributed by atoms with van der Waals surface area (Å²) in [4.78, 5) is 35.1. The Balaban J connectivity index is 1.25. The van der Waals surface area contributed by atoms with Crippen molar-refractivity contribution in [2.45, 2.75) is 38.8 Å². The quantitative estimate of drug-likeness (QED) is 0.642.